The number of nitrogens with zero attached hydrogens (tertiary/aromatic N) is 5. The fraction of sp³-hybridized carbons (Fsp3) is 0.238. The smallest absolute Gasteiger partial charge is 0.232 e. The number of thiazole rings is 1. The third-order valence-electron chi connectivity index (χ3n) is 4.34. The van der Waals surface area contributed by atoms with Gasteiger partial charge in [0.15, 0.2) is 0 Å². The number of alkyl halides is 3. The maximum atomic E-state index is 13.7. The Morgan fingerprint density at radius 2 is 1.81 bits per heavy atom. The van der Waals surface area contributed by atoms with Crippen molar-refractivity contribution in [1.29, 1.82) is 0 Å². The van der Waals surface area contributed by atoms with E-state index in [-0.39, 0.29) is 11.1 Å². The zero-order valence-electron chi connectivity index (χ0n) is 17.2. The van der Waals surface area contributed by atoms with Crippen LogP contribution in [0.25, 0.3) is 27.5 Å². The van der Waals surface area contributed by atoms with Gasteiger partial charge in [0.1, 0.15) is 11.5 Å². The predicted molar refractivity (Wildman–Crippen MR) is 116 cm³/mol. The van der Waals surface area contributed by atoms with Crippen LogP contribution in [0.15, 0.2) is 47.1 Å². The lowest BCUT2D eigenvalue weighted by molar-refractivity contribution is -0.144. The molecule has 11 heteroatoms. The van der Waals surface area contributed by atoms with Crippen molar-refractivity contribution in [2.45, 2.75) is 36.4 Å². The van der Waals surface area contributed by atoms with Crippen molar-refractivity contribution in [3.63, 3.8) is 0 Å². The Morgan fingerprint density at radius 1 is 1.09 bits per heavy atom. The summed E-state index contributed by atoms with van der Waals surface area (Å²) >= 11 is 2.91. The van der Waals surface area contributed by atoms with Crippen LogP contribution in [-0.2, 0) is 6.18 Å². The van der Waals surface area contributed by atoms with Crippen molar-refractivity contribution in [2.75, 3.05) is 0 Å². The van der Waals surface area contributed by atoms with Crippen LogP contribution < -0.4 is 0 Å². The van der Waals surface area contributed by atoms with Gasteiger partial charge in [-0.1, -0.05) is 37.3 Å². The molecule has 5 nitrogen and oxygen atoms in total. The van der Waals surface area contributed by atoms with E-state index >= 15 is 0 Å². The molecule has 0 spiro atoms. The summed E-state index contributed by atoms with van der Waals surface area (Å²) in [6.45, 7) is 5.84. The molecular weight excluding hydrogens is 462 g/mol. The molecule has 0 saturated carbocycles. The van der Waals surface area contributed by atoms with Crippen molar-refractivity contribution >= 4 is 23.1 Å². The summed E-state index contributed by atoms with van der Waals surface area (Å²) in [5.41, 5.74) is 3.04. The van der Waals surface area contributed by atoms with Gasteiger partial charge in [-0.05, 0) is 24.6 Å². The van der Waals surface area contributed by atoms with Crippen molar-refractivity contribution in [3.8, 4) is 27.5 Å². The van der Waals surface area contributed by atoms with Crippen LogP contribution in [0.3, 0.4) is 0 Å². The van der Waals surface area contributed by atoms with E-state index in [2.05, 4.69) is 20.1 Å². The van der Waals surface area contributed by atoms with Crippen LogP contribution in [0.4, 0.5) is 17.6 Å². The van der Waals surface area contributed by atoms with E-state index < -0.39 is 12.0 Å². The van der Waals surface area contributed by atoms with E-state index in [0.29, 0.717) is 27.6 Å². The van der Waals surface area contributed by atoms with Gasteiger partial charge < -0.3 is 0 Å². The molecule has 4 rings (SSSR count). The second kappa shape index (κ2) is 8.62. The number of halogens is 4. The SMILES string of the molecule is Cc1nn(-c2nc(-c3cnc(C(F)(F)F)nc3)c(SC(C)C)s2)cc1-c1cccc(F)c1. The monoisotopic (exact) mass is 479 g/mol. The summed E-state index contributed by atoms with van der Waals surface area (Å²) in [5, 5.41) is 5.27. The van der Waals surface area contributed by atoms with Gasteiger partial charge in [0.2, 0.25) is 11.0 Å². The minimum absolute atomic E-state index is 0.222. The maximum absolute atomic E-state index is 13.7. The Hall–Kier alpha value is -2.79. The van der Waals surface area contributed by atoms with Gasteiger partial charge in [-0.15, -0.1) is 11.8 Å². The maximum Gasteiger partial charge on any atom is 0.451 e. The van der Waals surface area contributed by atoms with Gasteiger partial charge in [-0.2, -0.15) is 18.3 Å². The van der Waals surface area contributed by atoms with Gasteiger partial charge >= 0.3 is 6.18 Å². The number of aryl methyl sites for hydroxylation is 1. The third-order valence-corrected chi connectivity index (χ3v) is 6.59. The lowest BCUT2D eigenvalue weighted by Crippen LogP contribution is -2.10. The molecule has 0 amide bonds. The second-order valence-corrected chi connectivity index (χ2v) is 10.00. The molecule has 0 fully saturated rings. The average molecular weight is 480 g/mol. The van der Waals surface area contributed by atoms with Gasteiger partial charge in [0.05, 0.1) is 9.90 Å². The average Bonchev–Trinajstić information content (AvgIpc) is 3.30. The normalized spacial score (nSPS) is 12.0. The largest absolute Gasteiger partial charge is 0.451 e. The van der Waals surface area contributed by atoms with Crippen LogP contribution >= 0.6 is 23.1 Å². The molecule has 3 aromatic heterocycles. The van der Waals surface area contributed by atoms with Crippen LogP contribution in [0, 0.1) is 12.7 Å². The van der Waals surface area contributed by atoms with E-state index in [0.717, 1.165) is 22.2 Å². The number of aromatic nitrogens is 5. The molecule has 0 bridgehead atoms. The molecular formula is C21H17F4N5S2. The Kier molecular flexibility index (Phi) is 6.04. The summed E-state index contributed by atoms with van der Waals surface area (Å²) in [6, 6.07) is 6.23. The van der Waals surface area contributed by atoms with Crippen LogP contribution in [0.1, 0.15) is 25.4 Å². The van der Waals surface area contributed by atoms with Crippen molar-refractivity contribution in [1.82, 2.24) is 24.7 Å². The number of rotatable bonds is 5. The van der Waals surface area contributed by atoms with Gasteiger partial charge in [0.25, 0.3) is 0 Å². The zero-order valence-corrected chi connectivity index (χ0v) is 18.8. The van der Waals surface area contributed by atoms with E-state index in [1.165, 1.54) is 23.5 Å². The topological polar surface area (TPSA) is 56.5 Å². The van der Waals surface area contributed by atoms with Crippen LogP contribution in [0.2, 0.25) is 0 Å². The summed E-state index contributed by atoms with van der Waals surface area (Å²) in [5.74, 6) is -1.54. The van der Waals surface area contributed by atoms with E-state index in [9.17, 15) is 17.6 Å². The summed E-state index contributed by atoms with van der Waals surface area (Å²) in [7, 11) is 0. The molecule has 4 aromatic rings. The Morgan fingerprint density at radius 3 is 2.44 bits per heavy atom. The summed E-state index contributed by atoms with van der Waals surface area (Å²) in [4.78, 5) is 11.5. The Balaban J connectivity index is 1.75. The second-order valence-electron chi connectivity index (χ2n) is 7.18. The standard InChI is InChI=1S/C21H17F4N5S2/c1-11(2)31-18-17(14-8-26-19(27-9-14)21(23,24)25)28-20(32-18)30-10-16(12(3)29-30)13-5-4-6-15(22)7-13/h4-11H,1-3H3. The molecule has 0 atom stereocenters. The molecule has 0 aliphatic rings. The lowest BCUT2D eigenvalue weighted by Gasteiger charge is -2.06. The Labute approximate surface area is 189 Å². The highest BCUT2D eigenvalue weighted by molar-refractivity contribution is 8.01. The first kappa shape index (κ1) is 22.4. The van der Waals surface area contributed by atoms with Gasteiger partial charge in [-0.25, -0.2) is 24.0 Å². The van der Waals surface area contributed by atoms with E-state index in [1.54, 1.807) is 34.8 Å². The highest BCUT2D eigenvalue weighted by atomic mass is 32.2. The number of benzene rings is 1. The van der Waals surface area contributed by atoms with E-state index in [4.69, 9.17) is 0 Å². The van der Waals surface area contributed by atoms with Crippen molar-refractivity contribution < 1.29 is 17.6 Å². The van der Waals surface area contributed by atoms with Crippen LogP contribution in [0.5, 0.6) is 0 Å². The molecule has 32 heavy (non-hydrogen) atoms. The minimum Gasteiger partial charge on any atom is -0.232 e. The molecule has 0 radical (unpaired) electrons. The number of hydrogen-bond acceptors (Lipinski definition) is 6. The molecule has 0 aliphatic heterocycles. The first-order chi connectivity index (χ1) is 15.1. The van der Waals surface area contributed by atoms with E-state index in [1.807, 2.05) is 20.8 Å². The van der Waals surface area contributed by atoms with Crippen molar-refractivity contribution in [2.24, 2.45) is 0 Å². The molecule has 0 saturated heterocycles. The lowest BCUT2D eigenvalue weighted by atomic mass is 10.1. The third kappa shape index (κ3) is 4.68. The predicted octanol–water partition coefficient (Wildman–Crippen LogP) is 6.42. The van der Waals surface area contributed by atoms with Gasteiger partial charge in [0, 0.05) is 35.0 Å². The van der Waals surface area contributed by atoms with Gasteiger partial charge in [-0.3, -0.25) is 0 Å². The first-order valence-electron chi connectivity index (χ1n) is 9.51. The first-order valence-corrected chi connectivity index (χ1v) is 11.2. The fourth-order valence-electron chi connectivity index (χ4n) is 2.96. The Bertz CT molecular complexity index is 1250. The molecule has 0 aliphatic carbocycles. The fourth-order valence-corrected chi connectivity index (χ4v) is 5.41. The summed E-state index contributed by atoms with van der Waals surface area (Å²) in [6.07, 6.45) is -0.585. The minimum atomic E-state index is -4.61. The molecule has 0 N–H and O–H groups in total. The molecule has 166 valence electrons. The number of thioether (sulfide) groups is 1. The summed E-state index contributed by atoms with van der Waals surface area (Å²) < 4.78 is 54.6. The van der Waals surface area contributed by atoms with Crippen molar-refractivity contribution in [3.05, 3.63) is 60.2 Å². The van der Waals surface area contributed by atoms with Crippen LogP contribution in [-0.4, -0.2) is 30.0 Å². The molecule has 0 unspecified atom stereocenters. The molecule has 3 heterocycles. The zero-order chi connectivity index (χ0) is 23.0. The molecule has 1 aromatic carbocycles. The highest BCUT2D eigenvalue weighted by Gasteiger charge is 2.34. The quantitative estimate of drug-likeness (QED) is 0.244. The highest BCUT2D eigenvalue weighted by Crippen LogP contribution is 2.40. The number of hydrogen-bond donors (Lipinski definition) is 0.